The average molecular weight is 228 g/mol. The molecule has 15 heavy (non-hydrogen) atoms. The number of hydrogen-bond acceptors (Lipinski definition) is 4. The molecule has 81 valence electrons. The largest absolute Gasteiger partial charge is 0.495 e. The standard InChI is InChI=1S/C9H10NO4S/c1-14-9-4-3-7(6-11)5-8(9)10-15(2,12)13/h3-5,10H,1-2H3. The third-order valence-electron chi connectivity index (χ3n) is 1.61. The van der Waals surface area contributed by atoms with Crippen molar-refractivity contribution in [3.63, 3.8) is 0 Å². The van der Waals surface area contributed by atoms with Gasteiger partial charge in [-0.2, -0.15) is 0 Å². The molecule has 0 amide bonds. The van der Waals surface area contributed by atoms with Crippen molar-refractivity contribution in [3.05, 3.63) is 23.8 Å². The first-order valence-corrected chi connectivity index (χ1v) is 5.89. The van der Waals surface area contributed by atoms with Crippen LogP contribution < -0.4 is 9.46 Å². The molecule has 0 aliphatic carbocycles. The molecule has 0 heterocycles. The van der Waals surface area contributed by atoms with Crippen LogP contribution in [0.15, 0.2) is 18.2 Å². The first-order chi connectivity index (χ1) is 6.96. The number of sulfonamides is 1. The molecule has 6 heteroatoms. The minimum atomic E-state index is -3.39. The summed E-state index contributed by atoms with van der Waals surface area (Å²) in [4.78, 5) is 10.4. The highest BCUT2D eigenvalue weighted by Crippen LogP contribution is 2.25. The van der Waals surface area contributed by atoms with Crippen LogP contribution in [0.3, 0.4) is 0 Å². The molecule has 1 aromatic rings. The monoisotopic (exact) mass is 228 g/mol. The van der Waals surface area contributed by atoms with Crippen LogP contribution in [0.2, 0.25) is 0 Å². The number of methoxy groups -OCH3 is 1. The van der Waals surface area contributed by atoms with E-state index in [0.717, 1.165) is 6.26 Å². The Morgan fingerprint density at radius 2 is 2.07 bits per heavy atom. The second-order valence-corrected chi connectivity index (χ2v) is 4.64. The molecule has 1 aromatic carbocycles. The van der Waals surface area contributed by atoms with Crippen LogP contribution in [0.1, 0.15) is 5.56 Å². The summed E-state index contributed by atoms with van der Waals surface area (Å²) in [5.74, 6) is 0.347. The fourth-order valence-electron chi connectivity index (χ4n) is 1.05. The average Bonchev–Trinajstić information content (AvgIpc) is 2.15. The van der Waals surface area contributed by atoms with Gasteiger partial charge >= 0.3 is 0 Å². The van der Waals surface area contributed by atoms with Crippen molar-refractivity contribution in [2.45, 2.75) is 0 Å². The normalized spacial score (nSPS) is 10.8. The van der Waals surface area contributed by atoms with E-state index < -0.39 is 10.0 Å². The van der Waals surface area contributed by atoms with Crippen molar-refractivity contribution in [1.82, 2.24) is 0 Å². The highest BCUT2D eigenvalue weighted by Gasteiger charge is 2.08. The van der Waals surface area contributed by atoms with Gasteiger partial charge in [-0.25, -0.2) is 8.42 Å². The molecule has 1 radical (unpaired) electrons. The molecule has 0 atom stereocenters. The number of carbonyl (C=O) groups excluding carboxylic acids is 1. The van der Waals surface area contributed by atoms with E-state index in [1.807, 2.05) is 0 Å². The minimum Gasteiger partial charge on any atom is -0.495 e. The lowest BCUT2D eigenvalue weighted by Crippen LogP contribution is -2.10. The van der Waals surface area contributed by atoms with Gasteiger partial charge < -0.3 is 4.74 Å². The predicted molar refractivity (Wildman–Crippen MR) is 56.3 cm³/mol. The van der Waals surface area contributed by atoms with Crippen molar-refractivity contribution >= 4 is 22.0 Å². The van der Waals surface area contributed by atoms with Crippen LogP contribution in [-0.4, -0.2) is 28.1 Å². The van der Waals surface area contributed by atoms with Crippen molar-refractivity contribution in [1.29, 1.82) is 0 Å². The van der Waals surface area contributed by atoms with E-state index in [4.69, 9.17) is 4.74 Å². The summed E-state index contributed by atoms with van der Waals surface area (Å²) < 4.78 is 29.2. The second kappa shape index (κ2) is 4.31. The van der Waals surface area contributed by atoms with E-state index in [-0.39, 0.29) is 11.3 Å². The lowest BCUT2D eigenvalue weighted by Gasteiger charge is -2.09. The number of rotatable bonds is 4. The van der Waals surface area contributed by atoms with Gasteiger partial charge in [0.1, 0.15) is 5.75 Å². The minimum absolute atomic E-state index is 0.223. The molecule has 0 saturated heterocycles. The van der Waals surface area contributed by atoms with Crippen LogP contribution in [0.4, 0.5) is 5.69 Å². The van der Waals surface area contributed by atoms with Crippen molar-refractivity contribution in [2.24, 2.45) is 0 Å². The Balaban J connectivity index is 3.17. The van der Waals surface area contributed by atoms with Gasteiger partial charge in [-0.3, -0.25) is 9.52 Å². The zero-order valence-electron chi connectivity index (χ0n) is 8.27. The van der Waals surface area contributed by atoms with E-state index in [0.29, 0.717) is 5.75 Å². The Bertz CT molecular complexity index is 467. The Morgan fingerprint density at radius 3 is 2.53 bits per heavy atom. The zero-order chi connectivity index (χ0) is 11.5. The highest BCUT2D eigenvalue weighted by molar-refractivity contribution is 7.92. The van der Waals surface area contributed by atoms with Crippen molar-refractivity contribution in [3.8, 4) is 5.75 Å². The zero-order valence-corrected chi connectivity index (χ0v) is 9.09. The maximum absolute atomic E-state index is 11.0. The second-order valence-electron chi connectivity index (χ2n) is 2.89. The number of anilines is 1. The van der Waals surface area contributed by atoms with Gasteiger partial charge in [0.15, 0.2) is 0 Å². The molecular formula is C9H10NO4S. The molecular weight excluding hydrogens is 218 g/mol. The van der Waals surface area contributed by atoms with Gasteiger partial charge in [-0.15, -0.1) is 0 Å². The number of hydrogen-bond donors (Lipinski definition) is 1. The SMILES string of the molecule is COc1ccc([C]=O)cc1NS(C)(=O)=O. The molecule has 5 nitrogen and oxygen atoms in total. The molecule has 0 fully saturated rings. The third-order valence-corrected chi connectivity index (χ3v) is 2.20. The van der Waals surface area contributed by atoms with Gasteiger partial charge in [0, 0.05) is 5.56 Å². The summed E-state index contributed by atoms with van der Waals surface area (Å²) in [6, 6.07) is 4.33. The summed E-state index contributed by atoms with van der Waals surface area (Å²) in [5, 5.41) is 0. The molecule has 1 N–H and O–H groups in total. The van der Waals surface area contributed by atoms with E-state index in [2.05, 4.69) is 4.72 Å². The lowest BCUT2D eigenvalue weighted by atomic mass is 10.2. The Labute approximate surface area is 88.1 Å². The van der Waals surface area contributed by atoms with Gasteiger partial charge in [-0.05, 0) is 18.2 Å². The van der Waals surface area contributed by atoms with Crippen LogP contribution in [-0.2, 0) is 14.8 Å². The van der Waals surface area contributed by atoms with Crippen molar-refractivity contribution in [2.75, 3.05) is 18.1 Å². The van der Waals surface area contributed by atoms with E-state index in [1.54, 1.807) is 6.29 Å². The first kappa shape index (κ1) is 11.5. The summed E-state index contributed by atoms with van der Waals surface area (Å²) >= 11 is 0. The van der Waals surface area contributed by atoms with Gasteiger partial charge in [0.2, 0.25) is 16.3 Å². The van der Waals surface area contributed by atoms with Gasteiger partial charge in [0.25, 0.3) is 0 Å². The van der Waals surface area contributed by atoms with E-state index in [9.17, 15) is 13.2 Å². The van der Waals surface area contributed by atoms with Crippen LogP contribution in [0, 0.1) is 0 Å². The molecule has 0 aliphatic rings. The number of ether oxygens (including phenoxy) is 1. The Hall–Kier alpha value is -1.56. The quantitative estimate of drug-likeness (QED) is 0.815. The fourth-order valence-corrected chi connectivity index (χ4v) is 1.61. The maximum Gasteiger partial charge on any atom is 0.233 e. The van der Waals surface area contributed by atoms with Crippen molar-refractivity contribution < 1.29 is 17.9 Å². The van der Waals surface area contributed by atoms with Gasteiger partial charge in [0.05, 0.1) is 19.1 Å². The molecule has 0 saturated carbocycles. The molecule has 0 bridgehead atoms. The smallest absolute Gasteiger partial charge is 0.233 e. The topological polar surface area (TPSA) is 72.5 Å². The Kier molecular flexibility index (Phi) is 3.31. The predicted octanol–water partition coefficient (Wildman–Crippen LogP) is 0.524. The summed E-state index contributed by atoms with van der Waals surface area (Å²) in [6.07, 6.45) is 2.68. The summed E-state index contributed by atoms with van der Waals surface area (Å²) in [6.45, 7) is 0. The molecule has 0 aliphatic heterocycles. The van der Waals surface area contributed by atoms with Crippen LogP contribution >= 0.6 is 0 Å². The Morgan fingerprint density at radius 1 is 1.40 bits per heavy atom. The number of nitrogens with one attached hydrogen (secondary N) is 1. The molecule has 0 aromatic heterocycles. The lowest BCUT2D eigenvalue weighted by molar-refractivity contribution is 0.417. The molecule has 0 spiro atoms. The summed E-state index contributed by atoms with van der Waals surface area (Å²) in [5.41, 5.74) is 0.475. The van der Waals surface area contributed by atoms with Gasteiger partial charge in [-0.1, -0.05) is 0 Å². The molecule has 0 unspecified atom stereocenters. The molecule has 1 rings (SSSR count). The van der Waals surface area contributed by atoms with E-state index >= 15 is 0 Å². The number of benzene rings is 1. The fraction of sp³-hybridized carbons (Fsp3) is 0.222. The third kappa shape index (κ3) is 3.25. The maximum atomic E-state index is 11.0. The van der Waals surface area contributed by atoms with Crippen LogP contribution in [0.25, 0.3) is 0 Å². The van der Waals surface area contributed by atoms with Crippen LogP contribution in [0.5, 0.6) is 5.75 Å². The first-order valence-electron chi connectivity index (χ1n) is 4.00. The summed E-state index contributed by atoms with van der Waals surface area (Å²) in [7, 11) is -1.98. The van der Waals surface area contributed by atoms with E-state index in [1.165, 1.54) is 25.3 Å². The highest BCUT2D eigenvalue weighted by atomic mass is 32.2.